The summed E-state index contributed by atoms with van der Waals surface area (Å²) < 4.78 is 13.0. The number of hydrogen-bond donors (Lipinski definition) is 2. The van der Waals surface area contributed by atoms with Crippen LogP contribution in [0.5, 0.6) is 0 Å². The third-order valence-corrected chi connectivity index (χ3v) is 3.26. The zero-order valence-corrected chi connectivity index (χ0v) is 11.8. The normalized spacial score (nSPS) is 10.6. The van der Waals surface area contributed by atoms with E-state index in [1.54, 1.807) is 6.07 Å². The third kappa shape index (κ3) is 3.95. The van der Waals surface area contributed by atoms with Crippen LogP contribution >= 0.6 is 0 Å². The van der Waals surface area contributed by atoms with E-state index in [1.807, 2.05) is 26.0 Å². The molecular weight excluding hydrogens is 255 g/mol. The van der Waals surface area contributed by atoms with Crippen molar-refractivity contribution in [3.8, 4) is 0 Å². The Morgan fingerprint density at radius 1 is 1.30 bits per heavy atom. The lowest BCUT2D eigenvalue weighted by atomic mass is 10.1. The minimum absolute atomic E-state index is 0.0208. The van der Waals surface area contributed by atoms with Gasteiger partial charge in [-0.05, 0) is 49.6 Å². The van der Waals surface area contributed by atoms with Crippen LogP contribution in [0.3, 0.4) is 0 Å². The van der Waals surface area contributed by atoms with Gasteiger partial charge in [-0.3, -0.25) is 4.79 Å². The number of halogens is 1. The van der Waals surface area contributed by atoms with E-state index >= 15 is 0 Å². The Morgan fingerprint density at radius 3 is 2.75 bits per heavy atom. The average molecular weight is 274 g/mol. The van der Waals surface area contributed by atoms with E-state index in [2.05, 4.69) is 10.3 Å². The Hall–Kier alpha value is -2.10. The molecule has 2 aromatic rings. The third-order valence-electron chi connectivity index (χ3n) is 3.26. The first kappa shape index (κ1) is 14.3. The molecule has 0 fully saturated rings. The maximum atomic E-state index is 13.0. The lowest BCUT2D eigenvalue weighted by Crippen LogP contribution is -2.23. The molecule has 0 saturated carbocycles. The van der Waals surface area contributed by atoms with Crippen molar-refractivity contribution in [3.05, 3.63) is 58.7 Å². The van der Waals surface area contributed by atoms with Gasteiger partial charge in [0.1, 0.15) is 5.82 Å². The highest BCUT2D eigenvalue weighted by Gasteiger charge is 2.06. The van der Waals surface area contributed by atoms with Gasteiger partial charge in [0.25, 0.3) is 0 Å². The van der Waals surface area contributed by atoms with Crippen LogP contribution in [0.1, 0.15) is 28.9 Å². The SMILES string of the molecule is Cc1cc(CNC(=O)CCc2cccc(F)c2)c(C)[nH]1. The molecule has 0 aliphatic carbocycles. The molecule has 0 aliphatic heterocycles. The zero-order valence-electron chi connectivity index (χ0n) is 11.8. The summed E-state index contributed by atoms with van der Waals surface area (Å²) in [4.78, 5) is 15.0. The Morgan fingerprint density at radius 2 is 2.10 bits per heavy atom. The summed E-state index contributed by atoms with van der Waals surface area (Å²) in [5.74, 6) is -0.283. The summed E-state index contributed by atoms with van der Waals surface area (Å²) in [6.07, 6.45) is 0.917. The molecule has 1 heterocycles. The summed E-state index contributed by atoms with van der Waals surface area (Å²) in [5.41, 5.74) is 4.11. The number of aromatic nitrogens is 1. The largest absolute Gasteiger partial charge is 0.362 e. The predicted molar refractivity (Wildman–Crippen MR) is 76.8 cm³/mol. The van der Waals surface area contributed by atoms with Crippen molar-refractivity contribution in [1.82, 2.24) is 10.3 Å². The fourth-order valence-electron chi connectivity index (χ4n) is 2.20. The van der Waals surface area contributed by atoms with Gasteiger partial charge in [-0.15, -0.1) is 0 Å². The molecule has 0 spiro atoms. The molecule has 0 radical (unpaired) electrons. The highest BCUT2D eigenvalue weighted by Crippen LogP contribution is 2.09. The van der Waals surface area contributed by atoms with Gasteiger partial charge >= 0.3 is 0 Å². The summed E-state index contributed by atoms with van der Waals surface area (Å²) >= 11 is 0. The summed E-state index contributed by atoms with van der Waals surface area (Å²) in [7, 11) is 0. The van der Waals surface area contributed by atoms with Crippen molar-refractivity contribution in [2.24, 2.45) is 0 Å². The Kier molecular flexibility index (Phi) is 4.56. The monoisotopic (exact) mass is 274 g/mol. The van der Waals surface area contributed by atoms with Crippen LogP contribution in [-0.4, -0.2) is 10.9 Å². The van der Waals surface area contributed by atoms with E-state index in [1.165, 1.54) is 12.1 Å². The molecule has 2 N–H and O–H groups in total. The first-order valence-corrected chi connectivity index (χ1v) is 6.71. The predicted octanol–water partition coefficient (Wildman–Crippen LogP) is 3.02. The number of amides is 1. The maximum absolute atomic E-state index is 13.0. The second-order valence-corrected chi connectivity index (χ2v) is 5.01. The second kappa shape index (κ2) is 6.37. The van der Waals surface area contributed by atoms with Gasteiger partial charge in [-0.1, -0.05) is 12.1 Å². The van der Waals surface area contributed by atoms with Crippen LogP contribution < -0.4 is 5.32 Å². The molecule has 0 unspecified atom stereocenters. The zero-order chi connectivity index (χ0) is 14.5. The number of H-pyrrole nitrogens is 1. The van der Waals surface area contributed by atoms with Crippen molar-refractivity contribution >= 4 is 5.91 Å². The highest BCUT2D eigenvalue weighted by atomic mass is 19.1. The summed E-state index contributed by atoms with van der Waals surface area (Å²) in [6, 6.07) is 8.39. The van der Waals surface area contributed by atoms with E-state index in [4.69, 9.17) is 0 Å². The first-order valence-electron chi connectivity index (χ1n) is 6.71. The summed E-state index contributed by atoms with van der Waals surface area (Å²) in [6.45, 7) is 4.50. The Bertz CT molecular complexity index is 604. The highest BCUT2D eigenvalue weighted by molar-refractivity contribution is 5.76. The van der Waals surface area contributed by atoms with Gasteiger partial charge in [-0.25, -0.2) is 4.39 Å². The number of nitrogens with one attached hydrogen (secondary N) is 2. The molecule has 1 amide bonds. The number of aryl methyl sites for hydroxylation is 3. The lowest BCUT2D eigenvalue weighted by Gasteiger charge is -2.05. The number of benzene rings is 1. The van der Waals surface area contributed by atoms with Crippen molar-refractivity contribution in [1.29, 1.82) is 0 Å². The topological polar surface area (TPSA) is 44.9 Å². The van der Waals surface area contributed by atoms with E-state index < -0.39 is 0 Å². The molecule has 0 saturated heterocycles. The van der Waals surface area contributed by atoms with Crippen LogP contribution in [0, 0.1) is 19.7 Å². The minimum atomic E-state index is -0.263. The Balaban J connectivity index is 1.80. The fourth-order valence-corrected chi connectivity index (χ4v) is 2.20. The molecule has 0 atom stereocenters. The fraction of sp³-hybridized carbons (Fsp3) is 0.312. The molecule has 2 rings (SSSR count). The quantitative estimate of drug-likeness (QED) is 0.865. The number of carbonyl (C=O) groups is 1. The molecule has 20 heavy (non-hydrogen) atoms. The maximum Gasteiger partial charge on any atom is 0.220 e. The lowest BCUT2D eigenvalue weighted by molar-refractivity contribution is -0.121. The molecular formula is C16H19FN2O. The van der Waals surface area contributed by atoms with E-state index in [9.17, 15) is 9.18 Å². The van der Waals surface area contributed by atoms with E-state index in [0.717, 1.165) is 22.5 Å². The van der Waals surface area contributed by atoms with Gasteiger partial charge in [0.15, 0.2) is 0 Å². The molecule has 1 aromatic carbocycles. The minimum Gasteiger partial charge on any atom is -0.362 e. The van der Waals surface area contributed by atoms with Gasteiger partial charge in [0, 0.05) is 24.4 Å². The average Bonchev–Trinajstić information content (AvgIpc) is 2.72. The van der Waals surface area contributed by atoms with Crippen LogP contribution in [0.4, 0.5) is 4.39 Å². The van der Waals surface area contributed by atoms with Crippen LogP contribution in [0.15, 0.2) is 30.3 Å². The number of aromatic amines is 1. The van der Waals surface area contributed by atoms with Crippen molar-refractivity contribution in [2.45, 2.75) is 33.2 Å². The van der Waals surface area contributed by atoms with Crippen LogP contribution in [0.25, 0.3) is 0 Å². The first-order chi connectivity index (χ1) is 9.54. The van der Waals surface area contributed by atoms with Crippen molar-refractivity contribution in [3.63, 3.8) is 0 Å². The van der Waals surface area contributed by atoms with E-state index in [0.29, 0.717) is 19.4 Å². The number of rotatable bonds is 5. The molecule has 0 bridgehead atoms. The molecule has 0 aliphatic rings. The van der Waals surface area contributed by atoms with Gasteiger partial charge < -0.3 is 10.3 Å². The van der Waals surface area contributed by atoms with Crippen LogP contribution in [0.2, 0.25) is 0 Å². The van der Waals surface area contributed by atoms with Crippen LogP contribution in [-0.2, 0) is 17.8 Å². The van der Waals surface area contributed by atoms with Crippen molar-refractivity contribution in [2.75, 3.05) is 0 Å². The van der Waals surface area contributed by atoms with Gasteiger partial charge in [-0.2, -0.15) is 0 Å². The standard InChI is InChI=1S/C16H19FN2O/c1-11-8-14(12(2)19-11)10-18-16(20)7-6-13-4-3-5-15(17)9-13/h3-5,8-9,19H,6-7,10H2,1-2H3,(H,18,20). The molecule has 3 nitrogen and oxygen atoms in total. The molecule has 4 heteroatoms. The number of hydrogen-bond acceptors (Lipinski definition) is 1. The molecule has 106 valence electrons. The van der Waals surface area contributed by atoms with E-state index in [-0.39, 0.29) is 11.7 Å². The van der Waals surface area contributed by atoms with Crippen molar-refractivity contribution < 1.29 is 9.18 Å². The number of carbonyl (C=O) groups excluding carboxylic acids is 1. The smallest absolute Gasteiger partial charge is 0.220 e. The molecule has 1 aromatic heterocycles. The van der Waals surface area contributed by atoms with Gasteiger partial charge in [0.05, 0.1) is 0 Å². The van der Waals surface area contributed by atoms with Gasteiger partial charge in [0.2, 0.25) is 5.91 Å². The Labute approximate surface area is 118 Å². The summed E-state index contributed by atoms with van der Waals surface area (Å²) in [5, 5.41) is 2.89. The second-order valence-electron chi connectivity index (χ2n) is 5.01.